The summed E-state index contributed by atoms with van der Waals surface area (Å²) in [6, 6.07) is 10.1. The number of anilines is 3. The molecule has 1 aromatic carbocycles. The second-order valence-corrected chi connectivity index (χ2v) is 7.19. The fraction of sp³-hybridized carbons (Fsp3) is 0.368. The molecule has 2 aromatic heterocycles. The Bertz CT molecular complexity index is 913. The van der Waals surface area contributed by atoms with Crippen molar-refractivity contribution >= 4 is 41.0 Å². The van der Waals surface area contributed by atoms with Gasteiger partial charge < -0.3 is 20.6 Å². The molecule has 2 heterocycles. The Labute approximate surface area is 170 Å². The molecule has 3 aromatic rings. The molecule has 150 valence electrons. The summed E-state index contributed by atoms with van der Waals surface area (Å²) >= 11 is 0. The van der Waals surface area contributed by atoms with Gasteiger partial charge in [0.2, 0.25) is 5.95 Å². The van der Waals surface area contributed by atoms with Gasteiger partial charge in [-0.3, -0.25) is 0 Å². The topological polar surface area (TPSA) is 99.1 Å². The highest BCUT2D eigenvalue weighted by Gasteiger charge is 2.17. The molecule has 0 aliphatic heterocycles. The zero-order valence-corrected chi connectivity index (χ0v) is 17.3. The number of halogens is 1. The van der Waals surface area contributed by atoms with Crippen LogP contribution in [0.2, 0.25) is 0 Å². The van der Waals surface area contributed by atoms with Crippen LogP contribution in [-0.4, -0.2) is 51.3 Å². The van der Waals surface area contributed by atoms with E-state index < -0.39 is 5.60 Å². The van der Waals surface area contributed by atoms with Crippen molar-refractivity contribution in [2.75, 3.05) is 36.2 Å². The normalized spacial score (nSPS) is 11.0. The van der Waals surface area contributed by atoms with Crippen molar-refractivity contribution in [1.82, 2.24) is 19.9 Å². The van der Waals surface area contributed by atoms with E-state index in [1.807, 2.05) is 37.2 Å². The summed E-state index contributed by atoms with van der Waals surface area (Å²) in [6.45, 7) is 4.43. The van der Waals surface area contributed by atoms with Gasteiger partial charge >= 0.3 is 0 Å². The van der Waals surface area contributed by atoms with Crippen LogP contribution in [0.25, 0.3) is 11.0 Å². The summed E-state index contributed by atoms with van der Waals surface area (Å²) < 4.78 is 0. The Morgan fingerprint density at radius 3 is 2.32 bits per heavy atom. The van der Waals surface area contributed by atoms with Crippen molar-refractivity contribution in [3.63, 3.8) is 0 Å². The summed E-state index contributed by atoms with van der Waals surface area (Å²) in [7, 11) is 3.77. The van der Waals surface area contributed by atoms with E-state index in [9.17, 15) is 5.11 Å². The Morgan fingerprint density at radius 2 is 1.68 bits per heavy atom. The van der Waals surface area contributed by atoms with E-state index in [4.69, 9.17) is 0 Å². The lowest BCUT2D eigenvalue weighted by Gasteiger charge is -2.19. The molecule has 3 rings (SSSR count). The quantitative estimate of drug-likeness (QED) is 0.553. The molecule has 8 nitrogen and oxygen atoms in total. The highest BCUT2D eigenvalue weighted by atomic mass is 35.5. The first-order valence-electron chi connectivity index (χ1n) is 8.77. The summed E-state index contributed by atoms with van der Waals surface area (Å²) in [5, 5.41) is 16.5. The molecule has 0 radical (unpaired) electrons. The third-order valence-corrected chi connectivity index (χ3v) is 3.86. The number of hydrogen-bond donors (Lipinski definition) is 3. The predicted octanol–water partition coefficient (Wildman–Crippen LogP) is 2.70. The molecule has 0 aliphatic rings. The van der Waals surface area contributed by atoms with Crippen LogP contribution in [0.4, 0.5) is 17.6 Å². The molecule has 0 spiro atoms. The van der Waals surface area contributed by atoms with Crippen LogP contribution in [0.3, 0.4) is 0 Å². The molecule has 0 unspecified atom stereocenters. The number of nitrogens with zero attached hydrogens (tertiary/aromatic N) is 5. The molecular weight excluding hydrogens is 378 g/mol. The van der Waals surface area contributed by atoms with Crippen LogP contribution in [0.5, 0.6) is 0 Å². The highest BCUT2D eigenvalue weighted by molar-refractivity contribution is 5.93. The van der Waals surface area contributed by atoms with Crippen LogP contribution in [0.1, 0.15) is 19.4 Å². The number of aliphatic hydroxyl groups is 1. The first kappa shape index (κ1) is 21.6. The molecule has 9 heteroatoms. The van der Waals surface area contributed by atoms with Crippen molar-refractivity contribution < 1.29 is 5.11 Å². The minimum atomic E-state index is -0.872. The van der Waals surface area contributed by atoms with E-state index in [0.717, 1.165) is 5.56 Å². The number of hydrogen-bond acceptors (Lipinski definition) is 8. The smallest absolute Gasteiger partial charge is 0.227 e. The second kappa shape index (κ2) is 8.99. The zero-order valence-electron chi connectivity index (χ0n) is 16.5. The van der Waals surface area contributed by atoms with Gasteiger partial charge in [-0.15, -0.1) is 12.4 Å². The van der Waals surface area contributed by atoms with Gasteiger partial charge in [0.1, 0.15) is 17.4 Å². The Morgan fingerprint density at radius 1 is 0.964 bits per heavy atom. The molecule has 0 saturated heterocycles. The molecule has 0 saturated carbocycles. The Kier molecular flexibility index (Phi) is 6.93. The number of rotatable bonds is 7. The number of fused-ring (bicyclic) bond motifs is 1. The molecular formula is C19H26ClN7O. The van der Waals surface area contributed by atoms with Crippen molar-refractivity contribution in [1.29, 1.82) is 0 Å². The van der Waals surface area contributed by atoms with E-state index in [1.54, 1.807) is 13.8 Å². The maximum atomic E-state index is 10.00. The van der Waals surface area contributed by atoms with Gasteiger partial charge in [-0.2, -0.15) is 4.98 Å². The number of benzene rings is 1. The zero-order chi connectivity index (χ0) is 19.4. The SMILES string of the molecule is CN(C)c1nc(NCc2ccccc2)c2ncnc(NCC(C)(C)O)c2n1.Cl. The monoisotopic (exact) mass is 403 g/mol. The summed E-state index contributed by atoms with van der Waals surface area (Å²) in [5.41, 5.74) is 1.51. The fourth-order valence-electron chi connectivity index (χ4n) is 2.47. The van der Waals surface area contributed by atoms with Crippen LogP contribution in [0.15, 0.2) is 36.7 Å². The van der Waals surface area contributed by atoms with Gasteiger partial charge in [0, 0.05) is 27.2 Å². The third kappa shape index (κ3) is 5.40. The molecule has 0 fully saturated rings. The summed E-state index contributed by atoms with van der Waals surface area (Å²) in [4.78, 5) is 19.7. The number of aromatic nitrogens is 4. The van der Waals surface area contributed by atoms with Gasteiger partial charge in [0.05, 0.1) is 5.60 Å². The number of nitrogens with one attached hydrogen (secondary N) is 2. The lowest BCUT2D eigenvalue weighted by molar-refractivity contribution is 0.0944. The van der Waals surface area contributed by atoms with Crippen LogP contribution >= 0.6 is 12.4 Å². The lowest BCUT2D eigenvalue weighted by Crippen LogP contribution is -2.29. The Balaban J connectivity index is 0.00000280. The molecule has 3 N–H and O–H groups in total. The first-order valence-corrected chi connectivity index (χ1v) is 8.77. The predicted molar refractivity (Wildman–Crippen MR) is 115 cm³/mol. The van der Waals surface area contributed by atoms with Crippen LogP contribution in [-0.2, 0) is 6.54 Å². The molecule has 0 amide bonds. The standard InChI is InChI=1S/C19H25N7O.ClH/c1-19(2,27)11-21-16-15-14(22-12-23-16)17(25-18(24-15)26(3)4)20-10-13-8-6-5-7-9-13;/h5-9,12,27H,10-11H2,1-4H3,(H,20,24,25)(H,21,22,23);1H. The van der Waals surface area contributed by atoms with Gasteiger partial charge in [0.15, 0.2) is 11.6 Å². The molecule has 0 aliphatic carbocycles. The maximum Gasteiger partial charge on any atom is 0.227 e. The lowest BCUT2D eigenvalue weighted by atomic mass is 10.1. The average Bonchev–Trinajstić information content (AvgIpc) is 2.64. The van der Waals surface area contributed by atoms with Crippen molar-refractivity contribution in [3.8, 4) is 0 Å². The van der Waals surface area contributed by atoms with Crippen molar-refractivity contribution in [2.24, 2.45) is 0 Å². The van der Waals surface area contributed by atoms with E-state index >= 15 is 0 Å². The average molecular weight is 404 g/mol. The first-order chi connectivity index (χ1) is 12.8. The summed E-state index contributed by atoms with van der Waals surface area (Å²) in [6.07, 6.45) is 1.47. The van der Waals surface area contributed by atoms with E-state index in [-0.39, 0.29) is 12.4 Å². The van der Waals surface area contributed by atoms with Crippen molar-refractivity contribution in [3.05, 3.63) is 42.2 Å². The molecule has 0 atom stereocenters. The third-order valence-electron chi connectivity index (χ3n) is 3.86. The Hall–Kier alpha value is -2.71. The second-order valence-electron chi connectivity index (χ2n) is 7.19. The minimum absolute atomic E-state index is 0. The van der Waals surface area contributed by atoms with Gasteiger partial charge in [-0.25, -0.2) is 15.0 Å². The van der Waals surface area contributed by atoms with E-state index in [2.05, 4.69) is 42.7 Å². The van der Waals surface area contributed by atoms with E-state index in [1.165, 1.54) is 6.33 Å². The van der Waals surface area contributed by atoms with Gasteiger partial charge in [0.25, 0.3) is 0 Å². The molecule has 28 heavy (non-hydrogen) atoms. The van der Waals surface area contributed by atoms with Crippen LogP contribution < -0.4 is 15.5 Å². The van der Waals surface area contributed by atoms with E-state index in [0.29, 0.717) is 41.7 Å². The maximum absolute atomic E-state index is 10.00. The van der Waals surface area contributed by atoms with Crippen LogP contribution in [0, 0.1) is 0 Å². The largest absolute Gasteiger partial charge is 0.389 e. The minimum Gasteiger partial charge on any atom is -0.389 e. The fourth-order valence-corrected chi connectivity index (χ4v) is 2.47. The van der Waals surface area contributed by atoms with Crippen molar-refractivity contribution in [2.45, 2.75) is 26.0 Å². The van der Waals surface area contributed by atoms with Gasteiger partial charge in [-0.05, 0) is 19.4 Å². The summed E-state index contributed by atoms with van der Waals surface area (Å²) in [5.74, 6) is 1.76. The highest BCUT2D eigenvalue weighted by Crippen LogP contribution is 2.26. The van der Waals surface area contributed by atoms with Gasteiger partial charge in [-0.1, -0.05) is 30.3 Å². The molecule has 0 bridgehead atoms.